The van der Waals surface area contributed by atoms with Crippen LogP contribution < -0.4 is 10.4 Å². The minimum atomic E-state index is -1.44. The van der Waals surface area contributed by atoms with Crippen molar-refractivity contribution in [2.75, 3.05) is 5.01 Å². The Hall–Kier alpha value is -2.33. The zero-order chi connectivity index (χ0) is 14.6. The number of para-hydroxylation sites is 2. The molecule has 2 aromatic carbocycles. The Bertz CT molecular complexity index is 523. The fourth-order valence-electron chi connectivity index (χ4n) is 1.67. The molecule has 0 unspecified atom stereocenters. The zero-order valence-corrected chi connectivity index (χ0v) is 11.6. The van der Waals surface area contributed by atoms with E-state index < -0.39 is 11.5 Å². The second kappa shape index (κ2) is 5.75. The summed E-state index contributed by atoms with van der Waals surface area (Å²) in [5.74, 6) is -0.467. The molecule has 0 spiro atoms. The average molecular weight is 270 g/mol. The summed E-state index contributed by atoms with van der Waals surface area (Å²) >= 11 is 0. The minimum Gasteiger partial charge on any atom is -0.381 e. The predicted octanol–water partition coefficient (Wildman–Crippen LogP) is 2.63. The molecule has 20 heavy (non-hydrogen) atoms. The topological polar surface area (TPSA) is 52.6 Å². The van der Waals surface area contributed by atoms with Gasteiger partial charge in [-0.25, -0.2) is 0 Å². The molecule has 2 rings (SSSR count). The summed E-state index contributed by atoms with van der Waals surface area (Å²) in [6.45, 7) is 2.91. The first-order valence-electron chi connectivity index (χ1n) is 6.42. The number of benzene rings is 2. The molecule has 0 heterocycles. The number of nitrogens with zero attached hydrogens (tertiary/aromatic N) is 1. The number of carbonyl (C=O) groups is 1. The smallest absolute Gasteiger partial charge is 0.270 e. The van der Waals surface area contributed by atoms with Crippen LogP contribution in [0.5, 0.6) is 0 Å². The first-order valence-corrected chi connectivity index (χ1v) is 6.42. The van der Waals surface area contributed by atoms with Crippen molar-refractivity contribution in [1.29, 1.82) is 0 Å². The van der Waals surface area contributed by atoms with Crippen LogP contribution in [-0.2, 0) is 4.79 Å². The molecule has 0 radical (unpaired) electrons. The van der Waals surface area contributed by atoms with Crippen molar-refractivity contribution in [3.63, 3.8) is 0 Å². The molecule has 0 aliphatic carbocycles. The Morgan fingerprint density at radius 3 is 1.70 bits per heavy atom. The number of aliphatic hydroxyl groups is 1. The molecule has 0 fully saturated rings. The molecule has 0 bridgehead atoms. The van der Waals surface area contributed by atoms with E-state index in [1.165, 1.54) is 13.8 Å². The van der Waals surface area contributed by atoms with Crippen LogP contribution in [0.15, 0.2) is 60.7 Å². The number of hydrogen-bond acceptors (Lipinski definition) is 3. The molecular formula is C16H18N2O2. The highest BCUT2D eigenvalue weighted by atomic mass is 16.3. The van der Waals surface area contributed by atoms with Gasteiger partial charge in [-0.15, -0.1) is 0 Å². The molecular weight excluding hydrogens is 252 g/mol. The van der Waals surface area contributed by atoms with Gasteiger partial charge >= 0.3 is 0 Å². The van der Waals surface area contributed by atoms with Crippen LogP contribution in [0.1, 0.15) is 13.8 Å². The van der Waals surface area contributed by atoms with E-state index in [2.05, 4.69) is 5.43 Å². The average Bonchev–Trinajstić information content (AvgIpc) is 2.45. The summed E-state index contributed by atoms with van der Waals surface area (Å²) in [6, 6.07) is 18.9. The van der Waals surface area contributed by atoms with Crippen molar-refractivity contribution in [2.24, 2.45) is 0 Å². The lowest BCUT2D eigenvalue weighted by atomic mass is 10.1. The van der Waals surface area contributed by atoms with Gasteiger partial charge in [0.2, 0.25) is 0 Å². The van der Waals surface area contributed by atoms with E-state index in [1.807, 2.05) is 60.7 Å². The SMILES string of the molecule is CC(C)(O)C(=O)NN(c1ccccc1)c1ccccc1. The molecule has 2 aromatic rings. The van der Waals surface area contributed by atoms with Crippen LogP contribution >= 0.6 is 0 Å². The number of rotatable bonds is 4. The molecule has 0 aliphatic rings. The second-order valence-electron chi connectivity index (χ2n) is 5.01. The molecule has 0 saturated heterocycles. The Kier molecular flexibility index (Phi) is 4.05. The van der Waals surface area contributed by atoms with Crippen LogP contribution in [0, 0.1) is 0 Å². The van der Waals surface area contributed by atoms with E-state index in [0.29, 0.717) is 0 Å². The lowest BCUT2D eigenvalue weighted by Gasteiger charge is -2.28. The molecule has 0 saturated carbocycles. The van der Waals surface area contributed by atoms with Gasteiger partial charge in [-0.3, -0.25) is 15.2 Å². The van der Waals surface area contributed by atoms with Gasteiger partial charge in [0.05, 0.1) is 11.4 Å². The van der Waals surface area contributed by atoms with Crippen LogP contribution in [0.2, 0.25) is 0 Å². The second-order valence-corrected chi connectivity index (χ2v) is 5.01. The van der Waals surface area contributed by atoms with E-state index in [4.69, 9.17) is 0 Å². The molecule has 1 amide bonds. The number of amides is 1. The number of nitrogens with one attached hydrogen (secondary N) is 1. The number of carbonyl (C=O) groups excluding carboxylic acids is 1. The van der Waals surface area contributed by atoms with Gasteiger partial charge in [0.25, 0.3) is 5.91 Å². The Morgan fingerprint density at radius 2 is 1.35 bits per heavy atom. The van der Waals surface area contributed by atoms with Gasteiger partial charge in [0.1, 0.15) is 5.60 Å². The first-order chi connectivity index (χ1) is 9.48. The molecule has 0 atom stereocenters. The Labute approximate surface area is 118 Å². The van der Waals surface area contributed by atoms with Crippen molar-refractivity contribution >= 4 is 17.3 Å². The van der Waals surface area contributed by atoms with Crippen LogP contribution in [-0.4, -0.2) is 16.6 Å². The van der Waals surface area contributed by atoms with Crippen molar-refractivity contribution in [2.45, 2.75) is 19.4 Å². The maximum Gasteiger partial charge on any atom is 0.270 e. The highest BCUT2D eigenvalue weighted by molar-refractivity contribution is 5.87. The van der Waals surface area contributed by atoms with E-state index >= 15 is 0 Å². The molecule has 4 heteroatoms. The van der Waals surface area contributed by atoms with E-state index in [9.17, 15) is 9.90 Å². The summed E-state index contributed by atoms with van der Waals surface area (Å²) in [6.07, 6.45) is 0. The standard InChI is InChI=1S/C16H18N2O2/c1-16(2,20)15(19)17-18(13-9-5-3-6-10-13)14-11-7-4-8-12-14/h3-12,20H,1-2H3,(H,17,19). The maximum absolute atomic E-state index is 12.0. The number of hydrogen-bond donors (Lipinski definition) is 2. The van der Waals surface area contributed by atoms with Gasteiger partial charge < -0.3 is 5.11 Å². The molecule has 104 valence electrons. The molecule has 4 nitrogen and oxygen atoms in total. The quantitative estimate of drug-likeness (QED) is 0.840. The van der Waals surface area contributed by atoms with Gasteiger partial charge in [-0.1, -0.05) is 36.4 Å². The minimum absolute atomic E-state index is 0.467. The Morgan fingerprint density at radius 1 is 0.950 bits per heavy atom. The molecule has 0 aliphatic heterocycles. The summed E-state index contributed by atoms with van der Waals surface area (Å²) < 4.78 is 0. The van der Waals surface area contributed by atoms with Crippen molar-refractivity contribution in [3.05, 3.63) is 60.7 Å². The lowest BCUT2D eigenvalue weighted by molar-refractivity contribution is -0.136. The van der Waals surface area contributed by atoms with Gasteiger partial charge in [-0.2, -0.15) is 0 Å². The molecule has 0 aromatic heterocycles. The first kappa shape index (κ1) is 14.1. The van der Waals surface area contributed by atoms with Crippen LogP contribution in [0.3, 0.4) is 0 Å². The predicted molar refractivity (Wildman–Crippen MR) is 79.5 cm³/mol. The third-order valence-corrected chi connectivity index (χ3v) is 2.80. The largest absolute Gasteiger partial charge is 0.381 e. The van der Waals surface area contributed by atoms with E-state index in [0.717, 1.165) is 11.4 Å². The fourth-order valence-corrected chi connectivity index (χ4v) is 1.67. The Balaban J connectivity index is 2.34. The number of hydrazine groups is 1. The van der Waals surface area contributed by atoms with Crippen molar-refractivity contribution in [1.82, 2.24) is 5.43 Å². The highest BCUT2D eigenvalue weighted by Gasteiger charge is 2.26. The monoisotopic (exact) mass is 270 g/mol. The van der Waals surface area contributed by atoms with E-state index in [1.54, 1.807) is 5.01 Å². The van der Waals surface area contributed by atoms with Gasteiger partial charge in [0, 0.05) is 0 Å². The highest BCUT2D eigenvalue weighted by Crippen LogP contribution is 2.22. The summed E-state index contributed by atoms with van der Waals surface area (Å²) in [5.41, 5.74) is 2.92. The van der Waals surface area contributed by atoms with Crippen LogP contribution in [0.25, 0.3) is 0 Å². The summed E-state index contributed by atoms with van der Waals surface area (Å²) in [5, 5.41) is 11.4. The summed E-state index contributed by atoms with van der Waals surface area (Å²) in [4.78, 5) is 12.0. The zero-order valence-electron chi connectivity index (χ0n) is 11.6. The van der Waals surface area contributed by atoms with Crippen molar-refractivity contribution < 1.29 is 9.90 Å². The fraction of sp³-hybridized carbons (Fsp3) is 0.188. The van der Waals surface area contributed by atoms with E-state index in [-0.39, 0.29) is 0 Å². The van der Waals surface area contributed by atoms with Crippen molar-refractivity contribution in [3.8, 4) is 0 Å². The van der Waals surface area contributed by atoms with Gasteiger partial charge in [-0.05, 0) is 38.1 Å². The third-order valence-electron chi connectivity index (χ3n) is 2.80. The van der Waals surface area contributed by atoms with Crippen LogP contribution in [0.4, 0.5) is 11.4 Å². The lowest BCUT2D eigenvalue weighted by Crippen LogP contribution is -2.49. The van der Waals surface area contributed by atoms with Gasteiger partial charge in [0.15, 0.2) is 0 Å². The molecule has 2 N–H and O–H groups in total. The number of anilines is 2. The maximum atomic E-state index is 12.0. The normalized spacial score (nSPS) is 10.9. The third kappa shape index (κ3) is 3.36. The summed E-state index contributed by atoms with van der Waals surface area (Å²) in [7, 11) is 0.